The molecule has 0 saturated heterocycles. The summed E-state index contributed by atoms with van der Waals surface area (Å²) in [4.78, 5) is 33.2. The smallest absolute Gasteiger partial charge is 0.224 e. The first-order valence-electron chi connectivity index (χ1n) is 11.1. The molecule has 1 aliphatic heterocycles. The van der Waals surface area contributed by atoms with Crippen LogP contribution in [0.5, 0.6) is 0 Å². The summed E-state index contributed by atoms with van der Waals surface area (Å²) in [5.74, 6) is 1.50. The molecule has 0 unspecified atom stereocenters. The number of rotatable bonds is 3. The normalized spacial score (nSPS) is 24.7. The van der Waals surface area contributed by atoms with Crippen molar-refractivity contribution in [2.45, 2.75) is 57.4 Å². The van der Waals surface area contributed by atoms with Crippen molar-refractivity contribution in [1.29, 1.82) is 0 Å². The Bertz CT molecular complexity index is 885. The highest BCUT2D eigenvalue weighted by Crippen LogP contribution is 2.31. The maximum Gasteiger partial charge on any atom is 0.224 e. The molecule has 1 aliphatic carbocycles. The molecule has 1 aromatic heterocycles. The molecule has 30 heavy (non-hydrogen) atoms. The zero-order valence-corrected chi connectivity index (χ0v) is 17.3. The molecule has 2 heterocycles. The zero-order valence-electron chi connectivity index (χ0n) is 17.3. The largest absolute Gasteiger partial charge is 0.346 e. The topological polar surface area (TPSA) is 113 Å². The monoisotopic (exact) mass is 409 g/mol. The van der Waals surface area contributed by atoms with Gasteiger partial charge in [-0.1, -0.05) is 24.6 Å². The minimum atomic E-state index is -0.173. The maximum absolute atomic E-state index is 13.0. The fourth-order valence-electron chi connectivity index (χ4n) is 4.55. The highest BCUT2D eigenvalue weighted by molar-refractivity contribution is 5.95. The van der Waals surface area contributed by atoms with Crippen LogP contribution in [0.3, 0.4) is 0 Å². The van der Waals surface area contributed by atoms with E-state index in [2.05, 4.69) is 20.6 Å². The Balaban J connectivity index is 1.53. The van der Waals surface area contributed by atoms with E-state index < -0.39 is 0 Å². The third kappa shape index (κ3) is 4.73. The van der Waals surface area contributed by atoms with Crippen molar-refractivity contribution in [2.75, 3.05) is 11.9 Å². The number of aromatic nitrogens is 2. The number of nitrogens with zero attached hydrogens (tertiary/aromatic N) is 1. The number of hydrogen-bond donors (Lipinski definition) is 4. The molecule has 160 valence electrons. The second-order valence-corrected chi connectivity index (χ2v) is 8.54. The summed E-state index contributed by atoms with van der Waals surface area (Å²) >= 11 is 0. The summed E-state index contributed by atoms with van der Waals surface area (Å²) in [5.41, 5.74) is 8.29. The van der Waals surface area contributed by atoms with Gasteiger partial charge in [0.2, 0.25) is 11.8 Å². The van der Waals surface area contributed by atoms with Gasteiger partial charge < -0.3 is 21.4 Å². The van der Waals surface area contributed by atoms with E-state index in [0.717, 1.165) is 67.7 Å². The van der Waals surface area contributed by atoms with Crippen LogP contribution in [-0.4, -0.2) is 28.3 Å². The highest BCUT2D eigenvalue weighted by Gasteiger charge is 2.28. The Labute approximate surface area is 177 Å². The lowest BCUT2D eigenvalue weighted by atomic mass is 9.81. The fraction of sp³-hybridized carbons (Fsp3) is 0.522. The third-order valence-corrected chi connectivity index (χ3v) is 6.43. The number of imidazole rings is 1. The first kappa shape index (κ1) is 20.6. The number of anilines is 1. The SMILES string of the molecule is NCC1CCC(C(=O)N[C@H]2CCCCC(=O)Nc3ccccc3-c3cnc2[nH]3)CC1. The fourth-order valence-corrected chi connectivity index (χ4v) is 4.55. The molecule has 7 nitrogen and oxygen atoms in total. The number of hydrogen-bond acceptors (Lipinski definition) is 4. The molecule has 2 aromatic rings. The van der Waals surface area contributed by atoms with Crippen LogP contribution in [0.25, 0.3) is 11.3 Å². The van der Waals surface area contributed by atoms with Crippen LogP contribution in [0.2, 0.25) is 0 Å². The predicted octanol–water partition coefficient (Wildman–Crippen LogP) is 3.51. The number of amides is 2. The molecule has 0 spiro atoms. The van der Waals surface area contributed by atoms with E-state index in [1.54, 1.807) is 6.20 Å². The third-order valence-electron chi connectivity index (χ3n) is 6.43. The average molecular weight is 410 g/mol. The van der Waals surface area contributed by atoms with Crippen LogP contribution >= 0.6 is 0 Å². The Morgan fingerprint density at radius 2 is 1.93 bits per heavy atom. The maximum atomic E-state index is 13.0. The molecule has 1 aromatic carbocycles. The van der Waals surface area contributed by atoms with E-state index in [1.807, 2.05) is 24.3 Å². The van der Waals surface area contributed by atoms with Gasteiger partial charge in [-0.15, -0.1) is 0 Å². The summed E-state index contributed by atoms with van der Waals surface area (Å²) < 4.78 is 0. The first-order valence-corrected chi connectivity index (χ1v) is 11.1. The second-order valence-electron chi connectivity index (χ2n) is 8.54. The lowest BCUT2D eigenvalue weighted by Crippen LogP contribution is -2.37. The van der Waals surface area contributed by atoms with E-state index in [9.17, 15) is 9.59 Å². The van der Waals surface area contributed by atoms with Crippen LogP contribution in [0.4, 0.5) is 5.69 Å². The molecule has 1 atom stereocenters. The van der Waals surface area contributed by atoms with Crippen molar-refractivity contribution >= 4 is 17.5 Å². The first-order chi connectivity index (χ1) is 14.6. The molecule has 7 heteroatoms. The van der Waals surface area contributed by atoms with Crippen molar-refractivity contribution in [3.63, 3.8) is 0 Å². The molecular formula is C23H31N5O2. The Hall–Kier alpha value is -2.67. The van der Waals surface area contributed by atoms with Gasteiger partial charge in [0.1, 0.15) is 5.82 Å². The van der Waals surface area contributed by atoms with E-state index in [0.29, 0.717) is 18.9 Å². The molecular weight excluding hydrogens is 378 g/mol. The summed E-state index contributed by atoms with van der Waals surface area (Å²) in [6.07, 6.45) is 8.47. The molecule has 2 bridgehead atoms. The molecule has 2 aliphatic rings. The second kappa shape index (κ2) is 9.43. The van der Waals surface area contributed by atoms with Crippen LogP contribution in [0.1, 0.15) is 63.2 Å². The van der Waals surface area contributed by atoms with Gasteiger partial charge in [-0.2, -0.15) is 0 Å². The van der Waals surface area contributed by atoms with Crippen molar-refractivity contribution < 1.29 is 9.59 Å². The number of benzene rings is 1. The van der Waals surface area contributed by atoms with Crippen LogP contribution in [0.15, 0.2) is 30.5 Å². The molecule has 2 amide bonds. The van der Waals surface area contributed by atoms with Gasteiger partial charge in [0.25, 0.3) is 0 Å². The van der Waals surface area contributed by atoms with Gasteiger partial charge in [0, 0.05) is 17.9 Å². The molecule has 1 saturated carbocycles. The number of fused-ring (bicyclic) bond motifs is 4. The zero-order chi connectivity index (χ0) is 20.9. The Morgan fingerprint density at radius 1 is 1.13 bits per heavy atom. The number of carbonyl (C=O) groups excluding carboxylic acids is 2. The summed E-state index contributed by atoms with van der Waals surface area (Å²) in [6, 6.07) is 7.53. The summed E-state index contributed by atoms with van der Waals surface area (Å²) in [6.45, 7) is 0.710. The minimum absolute atomic E-state index is 0.0139. The summed E-state index contributed by atoms with van der Waals surface area (Å²) in [5, 5.41) is 6.25. The highest BCUT2D eigenvalue weighted by atomic mass is 16.2. The van der Waals surface area contributed by atoms with E-state index in [-0.39, 0.29) is 23.8 Å². The van der Waals surface area contributed by atoms with Gasteiger partial charge in [0.15, 0.2) is 0 Å². The van der Waals surface area contributed by atoms with Crippen LogP contribution in [-0.2, 0) is 9.59 Å². The lowest BCUT2D eigenvalue weighted by Gasteiger charge is -2.28. The number of H-pyrrole nitrogens is 1. The van der Waals surface area contributed by atoms with Crippen molar-refractivity contribution in [3.8, 4) is 11.3 Å². The van der Waals surface area contributed by atoms with Gasteiger partial charge >= 0.3 is 0 Å². The van der Waals surface area contributed by atoms with Gasteiger partial charge in [0.05, 0.1) is 23.6 Å². The number of nitrogens with two attached hydrogens (primary N) is 1. The minimum Gasteiger partial charge on any atom is -0.346 e. The van der Waals surface area contributed by atoms with Crippen molar-refractivity contribution in [1.82, 2.24) is 15.3 Å². The van der Waals surface area contributed by atoms with Crippen LogP contribution in [0, 0.1) is 11.8 Å². The molecule has 4 rings (SSSR count). The quantitative estimate of drug-likeness (QED) is 0.621. The van der Waals surface area contributed by atoms with Crippen LogP contribution < -0.4 is 16.4 Å². The molecule has 1 fully saturated rings. The number of para-hydroxylation sites is 1. The van der Waals surface area contributed by atoms with Gasteiger partial charge in [-0.05, 0) is 57.1 Å². The van der Waals surface area contributed by atoms with Gasteiger partial charge in [-0.25, -0.2) is 4.98 Å². The van der Waals surface area contributed by atoms with Gasteiger partial charge in [-0.3, -0.25) is 9.59 Å². The Kier molecular flexibility index (Phi) is 6.47. The number of nitrogens with one attached hydrogen (secondary N) is 3. The summed E-state index contributed by atoms with van der Waals surface area (Å²) in [7, 11) is 0. The lowest BCUT2D eigenvalue weighted by molar-refractivity contribution is -0.127. The van der Waals surface area contributed by atoms with E-state index >= 15 is 0 Å². The van der Waals surface area contributed by atoms with Crippen molar-refractivity contribution in [3.05, 3.63) is 36.3 Å². The number of carbonyl (C=O) groups is 2. The standard InChI is InChI=1S/C23H31N5O2/c24-13-15-9-11-16(12-10-15)23(30)28-19-7-3-4-8-21(29)26-18-6-2-1-5-17(18)20-14-25-22(19)27-20/h1-2,5-6,14-16,19H,3-4,7-13,24H2,(H,25,27)(H,26,29)(H,28,30)/t15?,16?,19-/m0/s1. The average Bonchev–Trinajstić information content (AvgIpc) is 3.25. The Morgan fingerprint density at radius 3 is 2.73 bits per heavy atom. The van der Waals surface area contributed by atoms with Crippen molar-refractivity contribution in [2.24, 2.45) is 17.6 Å². The van der Waals surface area contributed by atoms with E-state index in [1.165, 1.54) is 0 Å². The molecule has 5 N–H and O–H groups in total. The predicted molar refractivity (Wildman–Crippen MR) is 117 cm³/mol. The number of aromatic amines is 1. The van der Waals surface area contributed by atoms with E-state index in [4.69, 9.17) is 5.73 Å². The molecule has 0 radical (unpaired) electrons.